The van der Waals surface area contributed by atoms with Gasteiger partial charge in [0.05, 0.1) is 22.1 Å². The highest BCUT2D eigenvalue weighted by Gasteiger charge is 2.31. The molecule has 7 heteroatoms. The topological polar surface area (TPSA) is 93.4 Å². The molecule has 0 radical (unpaired) electrons. The molecule has 4 rings (SSSR count). The molecule has 1 heterocycles. The van der Waals surface area contributed by atoms with Gasteiger partial charge in [0.25, 0.3) is 5.91 Å². The van der Waals surface area contributed by atoms with Crippen molar-refractivity contribution >= 4 is 32.6 Å². The van der Waals surface area contributed by atoms with E-state index < -0.39 is 21.7 Å². The standard InChI is InChI=1S/C26H29NO5S/c1-2-3-4-8-15-33(31,32)20-12-14-24-22(17-20)21-16-19(26(29)30)11-13-23(21)27(24)25(28)18-9-6-5-7-10-18/h5-7,9-10,12,14,17,19H,2-4,8,11,13,15-16H2,1H3,(H,29,30). The normalized spacial score (nSPS) is 16.0. The Bertz CT molecular complexity index is 1290. The number of nitrogens with zero attached hydrogens (tertiary/aromatic N) is 1. The van der Waals surface area contributed by atoms with E-state index in [0.717, 1.165) is 30.5 Å². The van der Waals surface area contributed by atoms with Crippen molar-refractivity contribution in [3.8, 4) is 0 Å². The van der Waals surface area contributed by atoms with Crippen LogP contribution in [0.5, 0.6) is 0 Å². The number of carbonyl (C=O) groups is 2. The third-order valence-electron chi connectivity index (χ3n) is 6.53. The lowest BCUT2D eigenvalue weighted by Crippen LogP contribution is -2.24. The molecule has 1 unspecified atom stereocenters. The molecular weight excluding hydrogens is 438 g/mol. The third-order valence-corrected chi connectivity index (χ3v) is 8.33. The van der Waals surface area contributed by atoms with E-state index in [4.69, 9.17) is 0 Å². The number of unbranched alkanes of at least 4 members (excludes halogenated alkanes) is 3. The van der Waals surface area contributed by atoms with Crippen LogP contribution in [0.4, 0.5) is 0 Å². The predicted octanol–water partition coefficient (Wildman–Crippen LogP) is 4.87. The summed E-state index contributed by atoms with van der Waals surface area (Å²) >= 11 is 0. The molecule has 0 amide bonds. The Morgan fingerprint density at radius 3 is 2.52 bits per heavy atom. The maximum Gasteiger partial charge on any atom is 0.306 e. The van der Waals surface area contributed by atoms with Gasteiger partial charge in [-0.15, -0.1) is 0 Å². The lowest BCUT2D eigenvalue weighted by atomic mass is 9.86. The first-order valence-corrected chi connectivity index (χ1v) is 13.2. The second-order valence-corrected chi connectivity index (χ2v) is 10.9. The molecule has 174 valence electrons. The first-order valence-electron chi connectivity index (χ1n) is 11.5. The number of benzene rings is 2. The van der Waals surface area contributed by atoms with E-state index in [2.05, 4.69) is 6.92 Å². The fraction of sp³-hybridized carbons (Fsp3) is 0.385. The predicted molar refractivity (Wildman–Crippen MR) is 127 cm³/mol. The van der Waals surface area contributed by atoms with Crippen LogP contribution in [0.25, 0.3) is 10.9 Å². The molecule has 3 aromatic rings. The van der Waals surface area contributed by atoms with Crippen molar-refractivity contribution in [1.29, 1.82) is 0 Å². The summed E-state index contributed by atoms with van der Waals surface area (Å²) in [6.45, 7) is 2.08. The van der Waals surface area contributed by atoms with E-state index in [1.165, 1.54) is 0 Å². The molecule has 33 heavy (non-hydrogen) atoms. The Hall–Kier alpha value is -2.93. The second-order valence-electron chi connectivity index (χ2n) is 8.77. The minimum Gasteiger partial charge on any atom is -0.481 e. The number of carboxylic acids is 1. The summed E-state index contributed by atoms with van der Waals surface area (Å²) in [4.78, 5) is 25.3. The molecule has 1 aliphatic carbocycles. The molecule has 0 aliphatic heterocycles. The van der Waals surface area contributed by atoms with Gasteiger partial charge >= 0.3 is 5.97 Å². The Morgan fingerprint density at radius 2 is 1.82 bits per heavy atom. The molecule has 1 N–H and O–H groups in total. The zero-order chi connectivity index (χ0) is 23.6. The first kappa shape index (κ1) is 23.2. The van der Waals surface area contributed by atoms with Crippen LogP contribution in [0.1, 0.15) is 60.6 Å². The van der Waals surface area contributed by atoms with Gasteiger partial charge in [-0.05, 0) is 61.6 Å². The summed E-state index contributed by atoms with van der Waals surface area (Å²) in [5.41, 5.74) is 2.72. The quantitative estimate of drug-likeness (QED) is 0.477. The average Bonchev–Trinajstić information content (AvgIpc) is 3.15. The largest absolute Gasteiger partial charge is 0.481 e. The van der Waals surface area contributed by atoms with Crippen molar-refractivity contribution in [2.75, 3.05) is 5.75 Å². The maximum absolute atomic E-state index is 13.4. The van der Waals surface area contributed by atoms with Crippen molar-refractivity contribution in [2.24, 2.45) is 5.92 Å². The molecule has 0 spiro atoms. The molecule has 0 saturated heterocycles. The lowest BCUT2D eigenvalue weighted by molar-refractivity contribution is -0.142. The van der Waals surface area contributed by atoms with Crippen LogP contribution in [-0.2, 0) is 27.5 Å². The first-order chi connectivity index (χ1) is 15.8. The maximum atomic E-state index is 13.4. The van der Waals surface area contributed by atoms with Crippen molar-refractivity contribution < 1.29 is 23.1 Å². The average molecular weight is 468 g/mol. The van der Waals surface area contributed by atoms with Gasteiger partial charge in [-0.3, -0.25) is 14.2 Å². The third kappa shape index (κ3) is 4.60. The van der Waals surface area contributed by atoms with Gasteiger partial charge in [-0.25, -0.2) is 8.42 Å². The summed E-state index contributed by atoms with van der Waals surface area (Å²) < 4.78 is 27.6. The van der Waals surface area contributed by atoms with Gasteiger partial charge in [0.2, 0.25) is 0 Å². The molecule has 2 aromatic carbocycles. The summed E-state index contributed by atoms with van der Waals surface area (Å²) in [5.74, 6) is -1.51. The Balaban J connectivity index is 1.81. The van der Waals surface area contributed by atoms with Crippen molar-refractivity contribution in [3.05, 3.63) is 65.4 Å². The van der Waals surface area contributed by atoms with Gasteiger partial charge in [-0.1, -0.05) is 44.4 Å². The van der Waals surface area contributed by atoms with E-state index in [1.54, 1.807) is 47.0 Å². The van der Waals surface area contributed by atoms with E-state index >= 15 is 0 Å². The van der Waals surface area contributed by atoms with Gasteiger partial charge in [-0.2, -0.15) is 0 Å². The Morgan fingerprint density at radius 1 is 1.06 bits per heavy atom. The molecule has 1 aromatic heterocycles. The molecule has 0 bridgehead atoms. The highest BCUT2D eigenvalue weighted by molar-refractivity contribution is 7.91. The molecule has 0 saturated carbocycles. The number of rotatable bonds is 8. The summed E-state index contributed by atoms with van der Waals surface area (Å²) in [5, 5.41) is 10.2. The lowest BCUT2D eigenvalue weighted by Gasteiger charge is -2.20. The van der Waals surface area contributed by atoms with Crippen molar-refractivity contribution in [1.82, 2.24) is 4.57 Å². The minimum atomic E-state index is -3.46. The molecule has 6 nitrogen and oxygen atoms in total. The van der Waals surface area contributed by atoms with E-state index in [0.29, 0.717) is 35.7 Å². The number of carboxylic acid groups (broad SMARTS) is 1. The number of aromatic nitrogens is 1. The number of hydrogen-bond acceptors (Lipinski definition) is 4. The fourth-order valence-electron chi connectivity index (χ4n) is 4.72. The van der Waals surface area contributed by atoms with E-state index in [-0.39, 0.29) is 23.0 Å². The van der Waals surface area contributed by atoms with Gasteiger partial charge in [0, 0.05) is 16.6 Å². The van der Waals surface area contributed by atoms with Crippen LogP contribution in [0, 0.1) is 5.92 Å². The zero-order valence-electron chi connectivity index (χ0n) is 18.8. The molecule has 1 aliphatic rings. The number of hydrogen-bond donors (Lipinski definition) is 1. The second kappa shape index (κ2) is 9.51. The van der Waals surface area contributed by atoms with E-state index in [9.17, 15) is 23.1 Å². The Kier molecular flexibility index (Phi) is 6.70. The summed E-state index contributed by atoms with van der Waals surface area (Å²) in [7, 11) is -3.46. The number of aliphatic carboxylic acids is 1. The molecule has 0 fully saturated rings. The number of sulfone groups is 1. The Labute approximate surface area is 194 Å². The van der Waals surface area contributed by atoms with Crippen LogP contribution in [0.2, 0.25) is 0 Å². The van der Waals surface area contributed by atoms with Gasteiger partial charge in [0.1, 0.15) is 0 Å². The molecule has 1 atom stereocenters. The zero-order valence-corrected chi connectivity index (χ0v) is 19.6. The number of fused-ring (bicyclic) bond motifs is 3. The van der Waals surface area contributed by atoms with E-state index in [1.807, 2.05) is 6.07 Å². The van der Waals surface area contributed by atoms with Crippen LogP contribution in [0.15, 0.2) is 53.4 Å². The summed E-state index contributed by atoms with van der Waals surface area (Å²) in [6, 6.07) is 13.9. The smallest absolute Gasteiger partial charge is 0.306 e. The fourth-order valence-corrected chi connectivity index (χ4v) is 6.11. The van der Waals surface area contributed by atoms with Crippen molar-refractivity contribution in [3.63, 3.8) is 0 Å². The van der Waals surface area contributed by atoms with Crippen LogP contribution >= 0.6 is 0 Å². The van der Waals surface area contributed by atoms with Gasteiger partial charge < -0.3 is 5.11 Å². The monoisotopic (exact) mass is 467 g/mol. The minimum absolute atomic E-state index is 0.0854. The van der Waals surface area contributed by atoms with Crippen LogP contribution < -0.4 is 0 Å². The SMILES string of the molecule is CCCCCCS(=O)(=O)c1ccc2c(c1)c1c(n2C(=O)c2ccccc2)CCC(C(=O)O)C1. The highest BCUT2D eigenvalue weighted by Crippen LogP contribution is 2.36. The van der Waals surface area contributed by atoms with Gasteiger partial charge in [0.15, 0.2) is 9.84 Å². The highest BCUT2D eigenvalue weighted by atomic mass is 32.2. The van der Waals surface area contributed by atoms with Crippen LogP contribution in [-0.4, -0.2) is 35.7 Å². The van der Waals surface area contributed by atoms with Crippen LogP contribution in [0.3, 0.4) is 0 Å². The number of carbonyl (C=O) groups excluding carboxylic acids is 1. The molecular formula is C26H29NO5S. The van der Waals surface area contributed by atoms with Crippen molar-refractivity contribution in [2.45, 2.75) is 56.8 Å². The summed E-state index contributed by atoms with van der Waals surface area (Å²) in [6.07, 6.45) is 4.71.